The Hall–Kier alpha value is -4.51. The Balaban J connectivity index is 1.50. The number of hydrogen-bond donors (Lipinski definition) is 2. The van der Waals surface area contributed by atoms with Gasteiger partial charge in [0, 0.05) is 25.1 Å². The molecule has 1 fully saturated rings. The van der Waals surface area contributed by atoms with Gasteiger partial charge in [-0.05, 0) is 47.9 Å². The first kappa shape index (κ1) is 30.0. The van der Waals surface area contributed by atoms with E-state index in [1.807, 2.05) is 78.9 Å². The second-order valence-electron chi connectivity index (χ2n) is 10.4. The van der Waals surface area contributed by atoms with E-state index in [0.717, 1.165) is 16.7 Å². The molecule has 10 heteroatoms. The van der Waals surface area contributed by atoms with E-state index in [1.54, 1.807) is 27.3 Å². The van der Waals surface area contributed by atoms with Crippen LogP contribution in [-0.2, 0) is 19.9 Å². The van der Waals surface area contributed by atoms with Crippen LogP contribution in [0, 0.1) is 6.92 Å². The SMILES string of the molecule is COc1ccc(C(OC[C@H]2O[C@@H](n3cc(C)c(NC(C)=O)nc3=O)C[C@H]2O)(c2ccccc2)c2ccc(OC)cc2)cc1. The minimum absolute atomic E-state index is 0.00968. The Morgan fingerprint density at radius 1 is 0.977 bits per heavy atom. The average Bonchev–Trinajstić information content (AvgIpc) is 3.39. The lowest BCUT2D eigenvalue weighted by molar-refractivity contribution is -0.114. The highest BCUT2D eigenvalue weighted by atomic mass is 16.6. The zero-order valence-corrected chi connectivity index (χ0v) is 24.5. The maximum absolute atomic E-state index is 12.8. The summed E-state index contributed by atoms with van der Waals surface area (Å²) in [6.07, 6.45) is -0.677. The molecule has 1 amide bonds. The van der Waals surface area contributed by atoms with Gasteiger partial charge in [-0.3, -0.25) is 9.36 Å². The average molecular weight is 586 g/mol. The normalized spacial score (nSPS) is 18.3. The van der Waals surface area contributed by atoms with E-state index in [-0.39, 0.29) is 24.8 Å². The van der Waals surface area contributed by atoms with Crippen LogP contribution in [0.4, 0.5) is 5.82 Å². The molecule has 0 bridgehead atoms. The minimum Gasteiger partial charge on any atom is -0.497 e. The van der Waals surface area contributed by atoms with E-state index in [4.69, 9.17) is 18.9 Å². The van der Waals surface area contributed by atoms with E-state index in [2.05, 4.69) is 10.3 Å². The van der Waals surface area contributed by atoms with Gasteiger partial charge in [-0.25, -0.2) is 4.79 Å². The maximum Gasteiger partial charge on any atom is 0.351 e. The van der Waals surface area contributed by atoms with Crippen LogP contribution in [0.2, 0.25) is 0 Å². The Bertz CT molecular complexity index is 1560. The van der Waals surface area contributed by atoms with Gasteiger partial charge in [0.1, 0.15) is 35.2 Å². The molecule has 43 heavy (non-hydrogen) atoms. The molecule has 0 saturated carbocycles. The van der Waals surface area contributed by atoms with Crippen molar-refractivity contribution in [3.63, 3.8) is 0 Å². The number of hydrogen-bond acceptors (Lipinski definition) is 8. The molecule has 5 rings (SSSR count). The quantitative estimate of drug-likeness (QED) is 0.266. The topological polar surface area (TPSA) is 121 Å². The lowest BCUT2D eigenvalue weighted by Crippen LogP contribution is -2.38. The second-order valence-corrected chi connectivity index (χ2v) is 10.4. The van der Waals surface area contributed by atoms with Gasteiger partial charge in [0.25, 0.3) is 0 Å². The van der Waals surface area contributed by atoms with Gasteiger partial charge in [0.05, 0.1) is 26.9 Å². The Morgan fingerprint density at radius 3 is 2.07 bits per heavy atom. The predicted molar refractivity (Wildman–Crippen MR) is 160 cm³/mol. The van der Waals surface area contributed by atoms with Crippen LogP contribution in [0.25, 0.3) is 0 Å². The molecule has 2 heterocycles. The summed E-state index contributed by atoms with van der Waals surface area (Å²) in [5, 5.41) is 13.6. The van der Waals surface area contributed by atoms with Crippen LogP contribution in [0.1, 0.15) is 41.8 Å². The number of nitrogens with zero attached hydrogens (tertiary/aromatic N) is 2. The van der Waals surface area contributed by atoms with E-state index in [9.17, 15) is 14.7 Å². The highest BCUT2D eigenvalue weighted by molar-refractivity contribution is 5.88. The first-order chi connectivity index (χ1) is 20.7. The zero-order chi connectivity index (χ0) is 30.6. The molecule has 2 N–H and O–H groups in total. The molecule has 1 saturated heterocycles. The van der Waals surface area contributed by atoms with Crippen LogP contribution in [0.15, 0.2) is 89.9 Å². The van der Waals surface area contributed by atoms with Gasteiger partial charge in [-0.1, -0.05) is 54.6 Å². The zero-order valence-electron chi connectivity index (χ0n) is 24.5. The summed E-state index contributed by atoms with van der Waals surface area (Å²) >= 11 is 0. The summed E-state index contributed by atoms with van der Waals surface area (Å²) in [6.45, 7) is 3.09. The fraction of sp³-hybridized carbons (Fsp3) is 0.303. The summed E-state index contributed by atoms with van der Waals surface area (Å²) in [7, 11) is 3.23. The van der Waals surface area contributed by atoms with Crippen molar-refractivity contribution in [2.45, 2.75) is 44.3 Å². The number of aliphatic hydroxyl groups excluding tert-OH is 1. The van der Waals surface area contributed by atoms with Crippen molar-refractivity contribution in [1.29, 1.82) is 0 Å². The van der Waals surface area contributed by atoms with Crippen molar-refractivity contribution in [1.82, 2.24) is 9.55 Å². The number of ether oxygens (including phenoxy) is 4. The van der Waals surface area contributed by atoms with E-state index in [1.165, 1.54) is 11.5 Å². The number of benzene rings is 3. The van der Waals surface area contributed by atoms with Crippen LogP contribution < -0.4 is 20.5 Å². The molecular formula is C33H35N3O7. The lowest BCUT2D eigenvalue weighted by Gasteiger charge is -2.37. The molecule has 0 unspecified atom stereocenters. The van der Waals surface area contributed by atoms with Gasteiger partial charge < -0.3 is 29.4 Å². The summed E-state index contributed by atoms with van der Waals surface area (Å²) in [4.78, 5) is 28.3. The fourth-order valence-electron chi connectivity index (χ4n) is 5.38. The smallest absolute Gasteiger partial charge is 0.351 e. The van der Waals surface area contributed by atoms with Gasteiger partial charge in [-0.15, -0.1) is 0 Å². The molecule has 3 aromatic carbocycles. The highest BCUT2D eigenvalue weighted by Crippen LogP contribution is 2.42. The first-order valence-electron chi connectivity index (χ1n) is 13.9. The molecule has 4 aromatic rings. The number of nitrogens with one attached hydrogen (secondary N) is 1. The largest absolute Gasteiger partial charge is 0.497 e. The standard InChI is InChI=1S/C33H35N3O7/c1-21-19-36(32(39)35-31(21)34-22(2)37)30-18-28(38)29(43-30)20-42-33(23-8-6-5-7-9-23,24-10-14-26(40-3)15-11-24)25-12-16-27(41-4)17-13-25/h5-17,19,28-30,38H,18,20H2,1-4H3,(H,34,35,37,39)/t28-,29-,30-/m1/s1. The third-order valence-electron chi connectivity index (χ3n) is 7.58. The van der Waals surface area contributed by atoms with Gasteiger partial charge >= 0.3 is 5.69 Å². The number of aromatic nitrogens is 2. The summed E-state index contributed by atoms with van der Waals surface area (Å²) < 4.78 is 25.2. The number of amides is 1. The fourth-order valence-corrected chi connectivity index (χ4v) is 5.38. The summed E-state index contributed by atoms with van der Waals surface area (Å²) in [5.74, 6) is 1.28. The molecule has 224 valence electrons. The van der Waals surface area contributed by atoms with Crippen molar-refractivity contribution in [2.75, 3.05) is 26.1 Å². The molecule has 0 aliphatic carbocycles. The predicted octanol–water partition coefficient (Wildman–Crippen LogP) is 4.18. The van der Waals surface area contributed by atoms with Crippen molar-refractivity contribution in [3.8, 4) is 11.5 Å². The molecule has 0 spiro atoms. The summed E-state index contributed by atoms with van der Waals surface area (Å²) in [6, 6.07) is 25.2. The number of carbonyl (C=O) groups is 1. The second kappa shape index (κ2) is 12.8. The van der Waals surface area contributed by atoms with Crippen molar-refractivity contribution >= 4 is 11.7 Å². The van der Waals surface area contributed by atoms with E-state index < -0.39 is 29.7 Å². The molecule has 3 atom stereocenters. The third-order valence-corrected chi connectivity index (χ3v) is 7.58. The van der Waals surface area contributed by atoms with Crippen LogP contribution in [0.5, 0.6) is 11.5 Å². The number of methoxy groups -OCH3 is 2. The first-order valence-corrected chi connectivity index (χ1v) is 13.9. The monoisotopic (exact) mass is 585 g/mol. The molecule has 1 aliphatic rings. The number of aryl methyl sites for hydroxylation is 1. The number of anilines is 1. The molecule has 1 aliphatic heterocycles. The van der Waals surface area contributed by atoms with Gasteiger partial charge in [0.2, 0.25) is 5.91 Å². The van der Waals surface area contributed by atoms with Gasteiger partial charge in [0.15, 0.2) is 0 Å². The van der Waals surface area contributed by atoms with Crippen LogP contribution in [0.3, 0.4) is 0 Å². The lowest BCUT2D eigenvalue weighted by atomic mass is 9.80. The van der Waals surface area contributed by atoms with Crippen molar-refractivity contribution < 1.29 is 28.8 Å². The minimum atomic E-state index is -1.09. The third kappa shape index (κ3) is 6.17. The molecule has 0 radical (unpaired) electrons. The van der Waals surface area contributed by atoms with Crippen LogP contribution in [-0.4, -0.2) is 53.6 Å². The Labute approximate surface area is 249 Å². The molecular weight excluding hydrogens is 550 g/mol. The van der Waals surface area contributed by atoms with E-state index >= 15 is 0 Å². The van der Waals surface area contributed by atoms with Crippen LogP contribution >= 0.6 is 0 Å². The van der Waals surface area contributed by atoms with Crippen molar-refractivity contribution in [2.24, 2.45) is 0 Å². The number of rotatable bonds is 10. The summed E-state index contributed by atoms with van der Waals surface area (Å²) in [5.41, 5.74) is 1.48. The maximum atomic E-state index is 12.8. The van der Waals surface area contributed by atoms with Gasteiger partial charge in [-0.2, -0.15) is 4.98 Å². The highest BCUT2D eigenvalue weighted by Gasteiger charge is 2.42. The Kier molecular flexibility index (Phi) is 8.91. The Morgan fingerprint density at radius 2 is 1.53 bits per heavy atom. The number of carbonyl (C=O) groups excluding carboxylic acids is 1. The number of aliphatic hydroxyl groups is 1. The van der Waals surface area contributed by atoms with Crippen molar-refractivity contribution in [3.05, 3.63) is 118 Å². The molecule has 10 nitrogen and oxygen atoms in total. The van der Waals surface area contributed by atoms with E-state index in [0.29, 0.717) is 17.1 Å². The molecule has 1 aromatic heterocycles.